The first kappa shape index (κ1) is 15.5. The second kappa shape index (κ2) is 6.01. The SMILES string of the molecule is COc1cc(OC)c2c(c1C)O[C@H](c1ccc(O)cc1)[C@H](O)C2. The standard InChI is InChI=1S/C18H20O5/c1-10-15(21-2)9-16(22-3)13-8-14(20)18(23-17(10)13)11-4-6-12(19)7-5-11/h4-7,9,14,18-20H,8H2,1-3H3/t14-,18-/m1/s1. The highest BCUT2D eigenvalue weighted by Gasteiger charge is 2.33. The monoisotopic (exact) mass is 316 g/mol. The molecule has 2 N–H and O–H groups in total. The van der Waals surface area contributed by atoms with Gasteiger partial charge in [-0.3, -0.25) is 0 Å². The minimum absolute atomic E-state index is 0.180. The number of aliphatic hydroxyl groups is 1. The van der Waals surface area contributed by atoms with Gasteiger partial charge in [-0.05, 0) is 24.6 Å². The highest BCUT2D eigenvalue weighted by molar-refractivity contribution is 5.58. The highest BCUT2D eigenvalue weighted by Crippen LogP contribution is 2.45. The molecule has 1 aliphatic rings. The number of aromatic hydroxyl groups is 1. The third kappa shape index (κ3) is 2.68. The lowest BCUT2D eigenvalue weighted by molar-refractivity contribution is 0.0192. The molecule has 0 radical (unpaired) electrons. The van der Waals surface area contributed by atoms with E-state index in [-0.39, 0.29) is 5.75 Å². The van der Waals surface area contributed by atoms with Gasteiger partial charge in [0.2, 0.25) is 0 Å². The Morgan fingerprint density at radius 2 is 1.74 bits per heavy atom. The summed E-state index contributed by atoms with van der Waals surface area (Å²) >= 11 is 0. The van der Waals surface area contributed by atoms with E-state index in [1.54, 1.807) is 38.5 Å². The predicted molar refractivity (Wildman–Crippen MR) is 85.5 cm³/mol. The van der Waals surface area contributed by atoms with E-state index in [2.05, 4.69) is 0 Å². The zero-order valence-corrected chi connectivity index (χ0v) is 13.4. The number of hydrogen-bond donors (Lipinski definition) is 2. The van der Waals surface area contributed by atoms with Gasteiger partial charge in [0.15, 0.2) is 0 Å². The average molecular weight is 316 g/mol. The van der Waals surface area contributed by atoms with E-state index < -0.39 is 12.2 Å². The number of hydrogen-bond acceptors (Lipinski definition) is 5. The molecular weight excluding hydrogens is 296 g/mol. The number of fused-ring (bicyclic) bond motifs is 1. The molecule has 122 valence electrons. The summed E-state index contributed by atoms with van der Waals surface area (Å²) in [6.45, 7) is 1.92. The molecule has 0 unspecified atom stereocenters. The van der Waals surface area contributed by atoms with Crippen molar-refractivity contribution >= 4 is 0 Å². The lowest BCUT2D eigenvalue weighted by atomic mass is 9.92. The Bertz CT molecular complexity index is 708. The molecule has 0 fully saturated rings. The third-order valence-electron chi connectivity index (χ3n) is 4.21. The van der Waals surface area contributed by atoms with E-state index in [1.807, 2.05) is 13.0 Å². The minimum Gasteiger partial charge on any atom is -0.508 e. The van der Waals surface area contributed by atoms with Crippen molar-refractivity contribution in [3.05, 3.63) is 47.0 Å². The van der Waals surface area contributed by atoms with Crippen LogP contribution in [0.5, 0.6) is 23.0 Å². The Morgan fingerprint density at radius 3 is 2.35 bits per heavy atom. The van der Waals surface area contributed by atoms with Crippen LogP contribution in [0.1, 0.15) is 22.8 Å². The molecule has 0 saturated heterocycles. The van der Waals surface area contributed by atoms with Crippen LogP contribution in [0.4, 0.5) is 0 Å². The van der Waals surface area contributed by atoms with Crippen LogP contribution < -0.4 is 14.2 Å². The fourth-order valence-electron chi connectivity index (χ4n) is 2.99. The smallest absolute Gasteiger partial charge is 0.150 e. The van der Waals surface area contributed by atoms with Crippen LogP contribution in [0.2, 0.25) is 0 Å². The molecule has 0 spiro atoms. The van der Waals surface area contributed by atoms with Crippen molar-refractivity contribution < 1.29 is 24.4 Å². The molecule has 0 aliphatic carbocycles. The Morgan fingerprint density at radius 1 is 1.09 bits per heavy atom. The van der Waals surface area contributed by atoms with Gasteiger partial charge in [-0.25, -0.2) is 0 Å². The van der Waals surface area contributed by atoms with Crippen LogP contribution in [0, 0.1) is 6.92 Å². The molecule has 2 atom stereocenters. The van der Waals surface area contributed by atoms with Crippen LogP contribution in [-0.4, -0.2) is 30.5 Å². The van der Waals surface area contributed by atoms with Gasteiger partial charge in [-0.2, -0.15) is 0 Å². The van der Waals surface area contributed by atoms with E-state index in [0.717, 1.165) is 16.7 Å². The summed E-state index contributed by atoms with van der Waals surface area (Å²) in [4.78, 5) is 0. The fraction of sp³-hybridized carbons (Fsp3) is 0.333. The number of phenolic OH excluding ortho intramolecular Hbond substituents is 1. The summed E-state index contributed by atoms with van der Waals surface area (Å²) < 4.78 is 16.9. The third-order valence-corrected chi connectivity index (χ3v) is 4.21. The van der Waals surface area contributed by atoms with E-state index >= 15 is 0 Å². The second-order valence-corrected chi connectivity index (χ2v) is 5.62. The topological polar surface area (TPSA) is 68.2 Å². The number of ether oxygens (including phenoxy) is 3. The number of aliphatic hydroxyl groups excluding tert-OH is 1. The predicted octanol–water partition coefficient (Wildman–Crippen LogP) is 2.75. The maximum absolute atomic E-state index is 10.5. The summed E-state index contributed by atoms with van der Waals surface area (Å²) in [6, 6.07) is 8.48. The van der Waals surface area contributed by atoms with Gasteiger partial charge in [0.1, 0.15) is 29.1 Å². The lowest BCUT2D eigenvalue weighted by Gasteiger charge is -2.33. The Balaban J connectivity index is 2.05. The Kier molecular flexibility index (Phi) is 4.05. The second-order valence-electron chi connectivity index (χ2n) is 5.62. The van der Waals surface area contributed by atoms with Crippen molar-refractivity contribution in [2.45, 2.75) is 25.6 Å². The van der Waals surface area contributed by atoms with Crippen molar-refractivity contribution in [2.75, 3.05) is 14.2 Å². The molecule has 3 rings (SSSR count). The maximum Gasteiger partial charge on any atom is 0.150 e. The summed E-state index contributed by atoms with van der Waals surface area (Å²) in [5.74, 6) is 2.19. The van der Waals surface area contributed by atoms with E-state index in [9.17, 15) is 10.2 Å². The lowest BCUT2D eigenvalue weighted by Crippen LogP contribution is -2.31. The van der Waals surface area contributed by atoms with Crippen LogP contribution in [-0.2, 0) is 6.42 Å². The highest BCUT2D eigenvalue weighted by atomic mass is 16.5. The first-order valence-corrected chi connectivity index (χ1v) is 7.43. The molecule has 1 aliphatic heterocycles. The summed E-state index contributed by atoms with van der Waals surface area (Å²) in [5.41, 5.74) is 2.52. The van der Waals surface area contributed by atoms with Gasteiger partial charge in [0.25, 0.3) is 0 Å². The van der Waals surface area contributed by atoms with E-state index in [0.29, 0.717) is 23.7 Å². The van der Waals surface area contributed by atoms with Gasteiger partial charge in [0, 0.05) is 23.6 Å². The van der Waals surface area contributed by atoms with Crippen LogP contribution in [0.3, 0.4) is 0 Å². The molecule has 0 amide bonds. The maximum atomic E-state index is 10.5. The first-order chi connectivity index (χ1) is 11.0. The van der Waals surface area contributed by atoms with Gasteiger partial charge >= 0.3 is 0 Å². The molecule has 0 saturated carbocycles. The van der Waals surface area contributed by atoms with Gasteiger partial charge < -0.3 is 24.4 Å². The summed E-state index contributed by atoms with van der Waals surface area (Å²) in [7, 11) is 3.19. The number of benzene rings is 2. The Labute approximate surface area is 135 Å². The van der Waals surface area contributed by atoms with Gasteiger partial charge in [-0.15, -0.1) is 0 Å². The molecular formula is C18H20O5. The first-order valence-electron chi connectivity index (χ1n) is 7.43. The van der Waals surface area contributed by atoms with Crippen molar-refractivity contribution in [1.82, 2.24) is 0 Å². The largest absolute Gasteiger partial charge is 0.508 e. The average Bonchev–Trinajstić information content (AvgIpc) is 2.56. The van der Waals surface area contributed by atoms with Crippen molar-refractivity contribution in [3.8, 4) is 23.0 Å². The van der Waals surface area contributed by atoms with Crippen LogP contribution in [0.25, 0.3) is 0 Å². The molecule has 1 heterocycles. The minimum atomic E-state index is -0.700. The number of methoxy groups -OCH3 is 2. The fourth-order valence-corrected chi connectivity index (χ4v) is 2.99. The molecule has 2 aromatic rings. The van der Waals surface area contributed by atoms with Gasteiger partial charge in [-0.1, -0.05) is 12.1 Å². The molecule has 5 heteroatoms. The summed E-state index contributed by atoms with van der Waals surface area (Å²) in [6.07, 6.45) is -0.776. The molecule has 23 heavy (non-hydrogen) atoms. The van der Waals surface area contributed by atoms with Crippen molar-refractivity contribution in [3.63, 3.8) is 0 Å². The van der Waals surface area contributed by atoms with Gasteiger partial charge in [0.05, 0.1) is 20.3 Å². The number of rotatable bonds is 3. The van der Waals surface area contributed by atoms with Crippen molar-refractivity contribution in [1.29, 1.82) is 0 Å². The van der Waals surface area contributed by atoms with E-state index in [4.69, 9.17) is 14.2 Å². The Hall–Kier alpha value is -2.40. The molecule has 0 bridgehead atoms. The van der Waals surface area contributed by atoms with Crippen LogP contribution in [0.15, 0.2) is 30.3 Å². The molecule has 5 nitrogen and oxygen atoms in total. The quantitative estimate of drug-likeness (QED) is 0.911. The van der Waals surface area contributed by atoms with Crippen molar-refractivity contribution in [2.24, 2.45) is 0 Å². The molecule has 0 aromatic heterocycles. The zero-order valence-electron chi connectivity index (χ0n) is 13.4. The zero-order chi connectivity index (χ0) is 16.6. The number of phenols is 1. The van der Waals surface area contributed by atoms with E-state index in [1.165, 1.54) is 0 Å². The normalized spacial score (nSPS) is 19.7. The summed E-state index contributed by atoms with van der Waals surface area (Å²) in [5, 5.41) is 19.9. The van der Waals surface area contributed by atoms with Crippen LogP contribution >= 0.6 is 0 Å². The molecule has 2 aromatic carbocycles.